The second kappa shape index (κ2) is 7.03. The van der Waals surface area contributed by atoms with Gasteiger partial charge in [0.1, 0.15) is 11.5 Å². The predicted octanol–water partition coefficient (Wildman–Crippen LogP) is 3.71. The largest absolute Gasteiger partial charge is 0.390 e. The molecular weight excluding hydrogens is 383 g/mol. The molecule has 150 valence electrons. The molecule has 6 nitrogen and oxygen atoms in total. The molecule has 0 saturated heterocycles. The number of benzene rings is 1. The van der Waals surface area contributed by atoms with Crippen LogP contribution in [0.4, 0.5) is 4.39 Å². The van der Waals surface area contributed by atoms with E-state index in [0.717, 1.165) is 22.2 Å². The minimum atomic E-state index is -0.897. The van der Waals surface area contributed by atoms with Gasteiger partial charge in [0, 0.05) is 41.0 Å². The molecular formula is C23H19FN4O2. The minimum Gasteiger partial charge on any atom is -0.390 e. The molecule has 3 heterocycles. The number of aromatic amines is 1. The van der Waals surface area contributed by atoms with Crippen LogP contribution in [-0.4, -0.2) is 32.1 Å². The summed E-state index contributed by atoms with van der Waals surface area (Å²) in [5, 5.41) is 14.3. The Kier molecular flexibility index (Phi) is 4.33. The van der Waals surface area contributed by atoms with Crippen LogP contribution in [0.5, 0.6) is 0 Å². The number of amides is 1. The number of halogens is 1. The van der Waals surface area contributed by atoms with Gasteiger partial charge in [0.15, 0.2) is 0 Å². The lowest BCUT2D eigenvalue weighted by molar-refractivity contribution is 0.0822. The third kappa shape index (κ3) is 2.86. The average Bonchev–Trinajstić information content (AvgIpc) is 3.34. The molecule has 4 aromatic rings. The summed E-state index contributed by atoms with van der Waals surface area (Å²) in [4.78, 5) is 24.6. The lowest BCUT2D eigenvalue weighted by atomic mass is 10.0. The zero-order chi connectivity index (χ0) is 20.8. The Morgan fingerprint density at radius 2 is 2.03 bits per heavy atom. The summed E-state index contributed by atoms with van der Waals surface area (Å²) < 4.78 is 14.4. The van der Waals surface area contributed by atoms with Crippen molar-refractivity contribution in [3.8, 4) is 11.3 Å². The van der Waals surface area contributed by atoms with Gasteiger partial charge in [-0.1, -0.05) is 19.1 Å². The molecule has 1 aliphatic rings. The molecule has 1 aliphatic carbocycles. The number of carbonyl (C=O) groups excluding carboxylic acids is 1. The number of rotatable bonds is 3. The van der Waals surface area contributed by atoms with Crippen molar-refractivity contribution in [1.29, 1.82) is 0 Å². The van der Waals surface area contributed by atoms with Gasteiger partial charge in [-0.3, -0.25) is 9.78 Å². The molecule has 30 heavy (non-hydrogen) atoms. The zero-order valence-corrected chi connectivity index (χ0v) is 16.1. The standard InChI is InChI=1S/C23H19FN4O2/c1-12-14-3-2-4-17(24)19(14)20(21(12)29)28-23(30)13-5-6-18(27-11-13)15-7-9-25-22-16(15)8-10-26-22/h2-12,20-21,29H,1H3,(H,25,26)(H,28,30)/t12-,20-,21+/m1/s1. The van der Waals surface area contributed by atoms with Crippen molar-refractivity contribution < 1.29 is 14.3 Å². The molecule has 3 atom stereocenters. The second-order valence-electron chi connectivity index (χ2n) is 7.50. The first-order valence-corrected chi connectivity index (χ1v) is 9.70. The zero-order valence-electron chi connectivity index (χ0n) is 16.1. The first kappa shape index (κ1) is 18.4. The van der Waals surface area contributed by atoms with E-state index in [1.165, 1.54) is 12.3 Å². The molecule has 1 aromatic carbocycles. The first-order chi connectivity index (χ1) is 14.5. The van der Waals surface area contributed by atoms with Gasteiger partial charge in [0.05, 0.1) is 23.4 Å². The Morgan fingerprint density at radius 1 is 1.17 bits per heavy atom. The number of aliphatic hydroxyl groups excluding tert-OH is 1. The fourth-order valence-electron chi connectivity index (χ4n) is 4.18. The summed E-state index contributed by atoms with van der Waals surface area (Å²) in [5.41, 5.74) is 3.79. The molecule has 0 bridgehead atoms. The monoisotopic (exact) mass is 402 g/mol. The van der Waals surface area contributed by atoms with Crippen LogP contribution in [0.25, 0.3) is 22.3 Å². The molecule has 0 unspecified atom stereocenters. The molecule has 3 aromatic heterocycles. The van der Waals surface area contributed by atoms with Gasteiger partial charge in [0.2, 0.25) is 0 Å². The Morgan fingerprint density at radius 3 is 2.83 bits per heavy atom. The van der Waals surface area contributed by atoms with Crippen molar-refractivity contribution >= 4 is 16.9 Å². The number of hydrogen-bond donors (Lipinski definition) is 3. The van der Waals surface area contributed by atoms with Crippen molar-refractivity contribution in [1.82, 2.24) is 20.3 Å². The van der Waals surface area contributed by atoms with E-state index in [-0.39, 0.29) is 5.92 Å². The van der Waals surface area contributed by atoms with E-state index in [1.807, 2.05) is 25.3 Å². The number of aromatic nitrogens is 3. The topological polar surface area (TPSA) is 90.9 Å². The number of nitrogens with one attached hydrogen (secondary N) is 2. The number of nitrogens with zero attached hydrogens (tertiary/aromatic N) is 2. The molecule has 7 heteroatoms. The highest BCUT2D eigenvalue weighted by Crippen LogP contribution is 2.41. The maximum absolute atomic E-state index is 14.4. The van der Waals surface area contributed by atoms with Gasteiger partial charge in [0.25, 0.3) is 5.91 Å². The van der Waals surface area contributed by atoms with Crippen molar-refractivity contribution in [3.63, 3.8) is 0 Å². The smallest absolute Gasteiger partial charge is 0.253 e. The van der Waals surface area contributed by atoms with E-state index in [4.69, 9.17) is 0 Å². The third-order valence-electron chi connectivity index (χ3n) is 5.79. The Balaban J connectivity index is 1.41. The number of carbonyl (C=O) groups is 1. The Bertz CT molecular complexity index is 1250. The SMILES string of the molecule is C[C@@H]1c2cccc(F)c2[C@@H](NC(=O)c2ccc(-c3ccnc4[nH]ccc34)nc2)[C@H]1O. The van der Waals surface area contributed by atoms with Crippen molar-refractivity contribution in [2.24, 2.45) is 0 Å². The lowest BCUT2D eigenvalue weighted by Gasteiger charge is -2.20. The number of aliphatic hydroxyl groups is 1. The van der Waals surface area contributed by atoms with Crippen LogP contribution in [0.15, 0.2) is 61.1 Å². The summed E-state index contributed by atoms with van der Waals surface area (Å²) in [6.45, 7) is 1.82. The highest BCUT2D eigenvalue weighted by atomic mass is 19.1. The van der Waals surface area contributed by atoms with Gasteiger partial charge in [-0.2, -0.15) is 0 Å². The molecule has 1 amide bonds. The minimum absolute atomic E-state index is 0.267. The van der Waals surface area contributed by atoms with E-state index < -0.39 is 23.9 Å². The maximum Gasteiger partial charge on any atom is 0.253 e. The van der Waals surface area contributed by atoms with Crippen LogP contribution in [-0.2, 0) is 0 Å². The summed E-state index contributed by atoms with van der Waals surface area (Å²) in [6.07, 6.45) is 4.10. The normalized spacial score (nSPS) is 20.3. The fraction of sp³-hybridized carbons (Fsp3) is 0.174. The van der Waals surface area contributed by atoms with Crippen LogP contribution in [0.2, 0.25) is 0 Å². The van der Waals surface area contributed by atoms with E-state index in [2.05, 4.69) is 20.3 Å². The molecule has 0 radical (unpaired) electrons. The van der Waals surface area contributed by atoms with Gasteiger partial charge in [-0.15, -0.1) is 0 Å². The average molecular weight is 402 g/mol. The number of hydrogen-bond acceptors (Lipinski definition) is 4. The molecule has 0 spiro atoms. The van der Waals surface area contributed by atoms with Gasteiger partial charge >= 0.3 is 0 Å². The van der Waals surface area contributed by atoms with Crippen LogP contribution in [0.1, 0.15) is 40.4 Å². The van der Waals surface area contributed by atoms with Gasteiger partial charge in [-0.05, 0) is 35.9 Å². The van der Waals surface area contributed by atoms with Crippen molar-refractivity contribution in [3.05, 3.63) is 83.6 Å². The van der Waals surface area contributed by atoms with Crippen LogP contribution in [0, 0.1) is 5.82 Å². The van der Waals surface area contributed by atoms with Gasteiger partial charge < -0.3 is 15.4 Å². The summed E-state index contributed by atoms with van der Waals surface area (Å²) in [5.74, 6) is -1.11. The molecule has 0 fully saturated rings. The predicted molar refractivity (Wildman–Crippen MR) is 110 cm³/mol. The van der Waals surface area contributed by atoms with E-state index in [9.17, 15) is 14.3 Å². The third-order valence-corrected chi connectivity index (χ3v) is 5.79. The highest BCUT2D eigenvalue weighted by molar-refractivity contribution is 5.95. The number of pyridine rings is 2. The van der Waals surface area contributed by atoms with E-state index in [1.54, 1.807) is 30.5 Å². The Hall–Kier alpha value is -3.58. The van der Waals surface area contributed by atoms with Crippen LogP contribution >= 0.6 is 0 Å². The van der Waals surface area contributed by atoms with Crippen LogP contribution < -0.4 is 5.32 Å². The quantitative estimate of drug-likeness (QED) is 0.487. The second-order valence-corrected chi connectivity index (χ2v) is 7.50. The van der Waals surface area contributed by atoms with Crippen molar-refractivity contribution in [2.75, 3.05) is 0 Å². The van der Waals surface area contributed by atoms with E-state index >= 15 is 0 Å². The summed E-state index contributed by atoms with van der Waals surface area (Å²) in [6, 6.07) is 11.2. The van der Waals surface area contributed by atoms with Crippen molar-refractivity contribution in [2.45, 2.75) is 25.0 Å². The molecule has 3 N–H and O–H groups in total. The molecule has 0 aliphatic heterocycles. The van der Waals surface area contributed by atoms with E-state index in [0.29, 0.717) is 16.8 Å². The highest BCUT2D eigenvalue weighted by Gasteiger charge is 2.40. The number of fused-ring (bicyclic) bond motifs is 2. The molecule has 5 rings (SSSR count). The summed E-state index contributed by atoms with van der Waals surface area (Å²) in [7, 11) is 0. The van der Waals surface area contributed by atoms with Crippen LogP contribution in [0.3, 0.4) is 0 Å². The maximum atomic E-state index is 14.4. The summed E-state index contributed by atoms with van der Waals surface area (Å²) >= 11 is 0. The Labute approximate surface area is 171 Å². The fourth-order valence-corrected chi connectivity index (χ4v) is 4.18. The first-order valence-electron chi connectivity index (χ1n) is 9.70. The molecule has 0 saturated carbocycles. The van der Waals surface area contributed by atoms with Gasteiger partial charge in [-0.25, -0.2) is 9.37 Å². The number of H-pyrrole nitrogens is 1. The lowest BCUT2D eigenvalue weighted by Crippen LogP contribution is -2.35.